The fraction of sp³-hybridized carbons (Fsp3) is 0.368. The van der Waals surface area contributed by atoms with Crippen LogP contribution in [0.25, 0.3) is 0 Å². The van der Waals surface area contributed by atoms with Crippen molar-refractivity contribution < 1.29 is 23.4 Å². The van der Waals surface area contributed by atoms with Crippen molar-refractivity contribution in [2.24, 2.45) is 0 Å². The topological polar surface area (TPSA) is 47.9 Å². The molecular formula is C19H22O4. The summed E-state index contributed by atoms with van der Waals surface area (Å²) in [6.45, 7) is -0.972. The van der Waals surface area contributed by atoms with Crippen molar-refractivity contribution in [1.82, 2.24) is 0 Å². The highest BCUT2D eigenvalue weighted by atomic mass is 16.7. The molecule has 1 N–H and O–H groups in total. The molecule has 1 aliphatic heterocycles. The average molecular weight is 317 g/mol. The van der Waals surface area contributed by atoms with Crippen LogP contribution in [0.2, 0.25) is 0 Å². The van der Waals surface area contributed by atoms with Crippen LogP contribution in [0.1, 0.15) is 28.5 Å². The fourth-order valence-corrected chi connectivity index (χ4v) is 2.40. The molecule has 1 heterocycles. The van der Waals surface area contributed by atoms with E-state index in [0.29, 0.717) is 5.56 Å². The fourth-order valence-electron chi connectivity index (χ4n) is 2.40. The average Bonchev–Trinajstić information content (AvgIpc) is 3.09. The standard InChI is InChI=1S/C19H22O4/c1-14(20)18-17(13-21-12-15-8-4-2-5-9-15)22-19(23-18)16-10-6-3-7-11-16/h2-11,14,17-20H,12-13H2,1H3/t14?,17-,18-,19?/m0/s1/i13D2,14D. The minimum Gasteiger partial charge on any atom is -0.391 e. The molecule has 4 heteroatoms. The predicted octanol–water partition coefficient (Wildman–Crippen LogP) is 3.07. The van der Waals surface area contributed by atoms with Crippen LogP contribution in [0.15, 0.2) is 60.7 Å². The largest absolute Gasteiger partial charge is 0.391 e. The Kier molecular flexibility index (Phi) is 4.24. The molecule has 0 bridgehead atoms. The van der Waals surface area contributed by atoms with Crippen molar-refractivity contribution in [2.75, 3.05) is 6.56 Å². The quantitative estimate of drug-likeness (QED) is 0.889. The molecule has 1 saturated heterocycles. The molecule has 0 saturated carbocycles. The Morgan fingerprint density at radius 3 is 2.43 bits per heavy atom. The molecule has 1 fully saturated rings. The smallest absolute Gasteiger partial charge is 0.184 e. The van der Waals surface area contributed by atoms with E-state index in [1.54, 1.807) is 12.1 Å². The van der Waals surface area contributed by atoms with Gasteiger partial charge in [0.1, 0.15) is 12.2 Å². The normalized spacial score (nSPS) is 29.3. The maximum atomic E-state index is 10.1. The molecule has 1 aliphatic rings. The number of hydrogen-bond donors (Lipinski definition) is 1. The van der Waals surface area contributed by atoms with Gasteiger partial charge in [-0.25, -0.2) is 0 Å². The predicted molar refractivity (Wildman–Crippen MR) is 86.7 cm³/mol. The third-order valence-electron chi connectivity index (χ3n) is 3.58. The minimum atomic E-state index is -2.25. The van der Waals surface area contributed by atoms with Crippen LogP contribution in [0, 0.1) is 0 Å². The Balaban J connectivity index is 1.78. The number of aliphatic hydroxyl groups is 1. The summed E-state index contributed by atoms with van der Waals surface area (Å²) in [5, 5.41) is 10.1. The van der Waals surface area contributed by atoms with Crippen molar-refractivity contribution >= 4 is 0 Å². The minimum absolute atomic E-state index is 0.0383. The second-order valence-electron chi connectivity index (χ2n) is 5.39. The maximum absolute atomic E-state index is 10.1. The first kappa shape index (κ1) is 12.7. The monoisotopic (exact) mass is 317 g/mol. The van der Waals surface area contributed by atoms with Crippen LogP contribution in [-0.4, -0.2) is 30.0 Å². The number of ether oxygens (including phenoxy) is 3. The summed E-state index contributed by atoms with van der Waals surface area (Å²) >= 11 is 0. The third kappa shape index (κ3) is 4.18. The van der Waals surface area contributed by atoms with Crippen LogP contribution in [0.4, 0.5) is 0 Å². The molecule has 2 unspecified atom stereocenters. The Hall–Kier alpha value is -1.72. The van der Waals surface area contributed by atoms with Gasteiger partial charge in [0, 0.05) is 5.56 Å². The molecule has 0 radical (unpaired) electrons. The van der Waals surface area contributed by atoms with Gasteiger partial charge in [-0.1, -0.05) is 60.7 Å². The van der Waals surface area contributed by atoms with E-state index in [0.717, 1.165) is 5.56 Å². The summed E-state index contributed by atoms with van der Waals surface area (Å²) in [4.78, 5) is 0. The lowest BCUT2D eigenvalue weighted by Crippen LogP contribution is -2.36. The summed E-state index contributed by atoms with van der Waals surface area (Å²) in [5.41, 5.74) is 1.49. The Morgan fingerprint density at radius 2 is 1.78 bits per heavy atom. The van der Waals surface area contributed by atoms with Gasteiger partial charge in [0.15, 0.2) is 6.29 Å². The summed E-state index contributed by atoms with van der Waals surface area (Å²) in [7, 11) is 0. The van der Waals surface area contributed by atoms with Crippen LogP contribution >= 0.6 is 0 Å². The lowest BCUT2D eigenvalue weighted by Gasteiger charge is -2.19. The van der Waals surface area contributed by atoms with Gasteiger partial charge in [-0.2, -0.15) is 0 Å². The highest BCUT2D eigenvalue weighted by molar-refractivity contribution is 5.17. The zero-order valence-electron chi connectivity index (χ0n) is 15.9. The van der Waals surface area contributed by atoms with Gasteiger partial charge in [-0.3, -0.25) is 0 Å². The first-order chi connectivity index (χ1) is 12.3. The summed E-state index contributed by atoms with van der Waals surface area (Å²) in [5.74, 6) is 0. The zero-order chi connectivity index (χ0) is 18.8. The SMILES string of the molecule is [2H]C(C)(O)[C@@H]1OC(c2ccccc2)O[C@H]1C([2H])([2H])OCc1ccccc1. The van der Waals surface area contributed by atoms with Crippen molar-refractivity contribution in [1.29, 1.82) is 0 Å². The Morgan fingerprint density at radius 1 is 1.13 bits per heavy atom. The van der Waals surface area contributed by atoms with Crippen LogP contribution < -0.4 is 0 Å². The van der Waals surface area contributed by atoms with Gasteiger partial charge in [0.05, 0.1) is 23.4 Å². The van der Waals surface area contributed by atoms with E-state index in [2.05, 4.69) is 0 Å². The van der Waals surface area contributed by atoms with Crippen LogP contribution in [0.3, 0.4) is 0 Å². The number of benzene rings is 2. The van der Waals surface area contributed by atoms with Gasteiger partial charge in [0.25, 0.3) is 0 Å². The van der Waals surface area contributed by atoms with Crippen molar-refractivity contribution in [3.05, 3.63) is 71.8 Å². The van der Waals surface area contributed by atoms with Crippen molar-refractivity contribution in [2.45, 2.75) is 38.1 Å². The zero-order valence-corrected chi connectivity index (χ0v) is 12.9. The van der Waals surface area contributed by atoms with Gasteiger partial charge >= 0.3 is 0 Å². The second kappa shape index (κ2) is 7.70. The summed E-state index contributed by atoms with van der Waals surface area (Å²) in [6, 6.07) is 18.2. The lowest BCUT2D eigenvalue weighted by atomic mass is 10.1. The van der Waals surface area contributed by atoms with Gasteiger partial charge < -0.3 is 19.3 Å². The molecule has 2 aromatic carbocycles. The molecule has 4 nitrogen and oxygen atoms in total. The molecule has 0 spiro atoms. The van der Waals surface area contributed by atoms with E-state index in [1.807, 2.05) is 48.5 Å². The van der Waals surface area contributed by atoms with E-state index in [1.165, 1.54) is 6.92 Å². The van der Waals surface area contributed by atoms with E-state index >= 15 is 0 Å². The number of rotatable bonds is 6. The van der Waals surface area contributed by atoms with Crippen LogP contribution in [-0.2, 0) is 20.8 Å². The first-order valence-corrected chi connectivity index (χ1v) is 7.53. The van der Waals surface area contributed by atoms with E-state index in [9.17, 15) is 5.11 Å². The number of hydrogen-bond acceptors (Lipinski definition) is 4. The Labute approximate surface area is 140 Å². The molecule has 3 rings (SSSR count). The molecule has 23 heavy (non-hydrogen) atoms. The molecule has 0 aliphatic carbocycles. The molecule has 0 amide bonds. The first-order valence-electron chi connectivity index (χ1n) is 9.03. The highest BCUT2D eigenvalue weighted by Crippen LogP contribution is 2.32. The summed E-state index contributed by atoms with van der Waals surface area (Å²) < 4.78 is 41.3. The summed E-state index contributed by atoms with van der Waals surface area (Å²) in [6.07, 6.45) is -5.39. The molecular weight excluding hydrogens is 292 g/mol. The van der Waals surface area contributed by atoms with Crippen LogP contribution in [0.5, 0.6) is 0 Å². The van der Waals surface area contributed by atoms with Gasteiger partial charge in [0.2, 0.25) is 0 Å². The van der Waals surface area contributed by atoms with E-state index < -0.39 is 31.1 Å². The molecule has 0 aromatic heterocycles. The van der Waals surface area contributed by atoms with Gasteiger partial charge in [-0.15, -0.1) is 0 Å². The molecule has 2 aromatic rings. The second-order valence-corrected chi connectivity index (χ2v) is 5.39. The Bertz CT molecular complexity index is 704. The van der Waals surface area contributed by atoms with Crippen molar-refractivity contribution in [3.63, 3.8) is 0 Å². The molecule has 122 valence electrons. The highest BCUT2D eigenvalue weighted by Gasteiger charge is 2.39. The lowest BCUT2D eigenvalue weighted by molar-refractivity contribution is -0.0863. The maximum Gasteiger partial charge on any atom is 0.184 e. The molecule has 4 atom stereocenters. The van der Waals surface area contributed by atoms with E-state index in [4.69, 9.17) is 18.3 Å². The van der Waals surface area contributed by atoms with E-state index in [-0.39, 0.29) is 6.61 Å². The van der Waals surface area contributed by atoms with Gasteiger partial charge in [-0.05, 0) is 12.5 Å². The van der Waals surface area contributed by atoms with Crippen molar-refractivity contribution in [3.8, 4) is 0 Å². The third-order valence-corrected chi connectivity index (χ3v) is 3.58.